The summed E-state index contributed by atoms with van der Waals surface area (Å²) in [4.78, 5) is 28.4. The van der Waals surface area contributed by atoms with Crippen LogP contribution in [-0.2, 0) is 32.7 Å². The van der Waals surface area contributed by atoms with Crippen LogP contribution >= 0.6 is 11.6 Å². The largest absolute Gasteiger partial charge is 0.465 e. The van der Waals surface area contributed by atoms with Gasteiger partial charge in [-0.1, -0.05) is 23.7 Å². The second-order valence-electron chi connectivity index (χ2n) is 11.3. The van der Waals surface area contributed by atoms with E-state index in [4.69, 9.17) is 16.7 Å². The van der Waals surface area contributed by atoms with Crippen LogP contribution in [-0.4, -0.2) is 66.1 Å². The fourth-order valence-corrected chi connectivity index (χ4v) is 6.59. The molecule has 2 aliphatic rings. The number of hydrogen-bond acceptors (Lipinski definition) is 4. The summed E-state index contributed by atoms with van der Waals surface area (Å²) in [6.45, 7) is 3.61. The third-order valence-electron chi connectivity index (χ3n) is 8.71. The number of aromatic nitrogens is 4. The maximum absolute atomic E-state index is 13.1. The van der Waals surface area contributed by atoms with E-state index in [1.807, 2.05) is 21.4 Å². The zero-order chi connectivity index (χ0) is 30.5. The number of aryl methyl sites for hydroxylation is 2. The van der Waals surface area contributed by atoms with Crippen molar-refractivity contribution in [2.24, 2.45) is 7.05 Å². The zero-order valence-corrected chi connectivity index (χ0v) is 24.4. The number of carbonyl (C=O) groups is 1. The van der Waals surface area contributed by atoms with Crippen molar-refractivity contribution in [2.75, 3.05) is 26.2 Å². The number of piperidine rings is 1. The van der Waals surface area contributed by atoms with Crippen molar-refractivity contribution in [3.8, 4) is 11.3 Å². The summed E-state index contributed by atoms with van der Waals surface area (Å²) in [5, 5.41) is 14.9. The van der Waals surface area contributed by atoms with Gasteiger partial charge in [-0.15, -0.1) is 0 Å². The van der Waals surface area contributed by atoms with Crippen LogP contribution in [0.3, 0.4) is 0 Å². The molecule has 1 fully saturated rings. The van der Waals surface area contributed by atoms with Gasteiger partial charge in [0.2, 0.25) is 0 Å². The standard InChI is InChI=1S/C30H32ClF3N6O3/c1-36-25-8-7-21(31)17-26(25)40(28(36)41)22-9-14-37(15-10-22)12-2-13-39-24-11-16-38(29(42)43)18-23(24)27(35-39)19-3-5-20(6-4-19)30(32,33)34/h3-8,17,22H,2,9-16,18H2,1H3,(H,42,43). The van der Waals surface area contributed by atoms with E-state index in [1.165, 1.54) is 17.0 Å². The Labute approximate surface area is 250 Å². The summed E-state index contributed by atoms with van der Waals surface area (Å²) >= 11 is 6.24. The van der Waals surface area contributed by atoms with Crippen LogP contribution in [0.2, 0.25) is 5.02 Å². The molecule has 0 aliphatic carbocycles. The van der Waals surface area contributed by atoms with Crippen LogP contribution in [0, 0.1) is 0 Å². The topological polar surface area (TPSA) is 88.5 Å². The first-order valence-electron chi connectivity index (χ1n) is 14.3. The minimum Gasteiger partial charge on any atom is -0.465 e. The number of likely N-dealkylation sites (tertiary alicyclic amines) is 1. The summed E-state index contributed by atoms with van der Waals surface area (Å²) in [6, 6.07) is 10.5. The minimum atomic E-state index is -4.44. The molecular formula is C30H32ClF3N6O3. The van der Waals surface area contributed by atoms with Crippen molar-refractivity contribution in [3.63, 3.8) is 0 Å². The third kappa shape index (κ3) is 5.65. The molecule has 2 aromatic carbocycles. The van der Waals surface area contributed by atoms with Crippen molar-refractivity contribution in [1.29, 1.82) is 0 Å². The van der Waals surface area contributed by atoms with Gasteiger partial charge in [0.1, 0.15) is 0 Å². The molecule has 2 aromatic heterocycles. The lowest BCUT2D eigenvalue weighted by atomic mass is 10.00. The fraction of sp³-hybridized carbons (Fsp3) is 0.433. The summed E-state index contributed by atoms with van der Waals surface area (Å²) in [6.07, 6.45) is -2.50. The van der Waals surface area contributed by atoms with E-state index in [0.717, 1.165) is 73.3 Å². The lowest BCUT2D eigenvalue weighted by Crippen LogP contribution is -2.38. The Morgan fingerprint density at radius 2 is 1.77 bits per heavy atom. The summed E-state index contributed by atoms with van der Waals surface area (Å²) in [7, 11) is 1.78. The number of nitrogens with zero attached hydrogens (tertiary/aromatic N) is 6. The second-order valence-corrected chi connectivity index (χ2v) is 11.7. The van der Waals surface area contributed by atoms with Crippen LogP contribution in [0.1, 0.15) is 42.1 Å². The van der Waals surface area contributed by atoms with Crippen LogP contribution < -0.4 is 5.69 Å². The highest BCUT2D eigenvalue weighted by Gasteiger charge is 2.32. The number of hydrogen-bond donors (Lipinski definition) is 1. The van der Waals surface area contributed by atoms with Gasteiger partial charge in [0.25, 0.3) is 0 Å². The maximum Gasteiger partial charge on any atom is 0.416 e. The predicted molar refractivity (Wildman–Crippen MR) is 156 cm³/mol. The third-order valence-corrected chi connectivity index (χ3v) is 8.94. The quantitative estimate of drug-likeness (QED) is 0.303. The molecule has 6 rings (SSSR count). The van der Waals surface area contributed by atoms with Crippen LogP contribution in [0.25, 0.3) is 22.3 Å². The molecule has 4 heterocycles. The highest BCUT2D eigenvalue weighted by Crippen LogP contribution is 2.34. The van der Waals surface area contributed by atoms with E-state index in [1.54, 1.807) is 17.7 Å². The maximum atomic E-state index is 13.1. The molecule has 2 aliphatic heterocycles. The molecule has 1 amide bonds. The number of benzene rings is 2. The van der Waals surface area contributed by atoms with Gasteiger partial charge in [0.15, 0.2) is 0 Å². The number of rotatable bonds is 6. The molecule has 1 N–H and O–H groups in total. The molecule has 0 unspecified atom stereocenters. The van der Waals surface area contributed by atoms with E-state index in [2.05, 4.69) is 4.90 Å². The Bertz CT molecular complexity index is 1720. The molecule has 228 valence electrons. The van der Waals surface area contributed by atoms with Crippen LogP contribution in [0.5, 0.6) is 0 Å². The van der Waals surface area contributed by atoms with Gasteiger partial charge in [-0.25, -0.2) is 9.59 Å². The van der Waals surface area contributed by atoms with Gasteiger partial charge in [0, 0.05) is 67.5 Å². The summed E-state index contributed by atoms with van der Waals surface area (Å²) in [5.74, 6) is 0. The Morgan fingerprint density at radius 1 is 1.05 bits per heavy atom. The van der Waals surface area contributed by atoms with Gasteiger partial charge in [-0.05, 0) is 56.1 Å². The zero-order valence-electron chi connectivity index (χ0n) is 23.6. The van der Waals surface area contributed by atoms with E-state index in [0.29, 0.717) is 35.8 Å². The number of carboxylic acid groups (broad SMARTS) is 1. The van der Waals surface area contributed by atoms with Crippen molar-refractivity contribution < 1.29 is 23.1 Å². The monoisotopic (exact) mass is 616 g/mol. The number of imidazole rings is 1. The number of amides is 1. The molecule has 0 atom stereocenters. The Balaban J connectivity index is 1.13. The van der Waals surface area contributed by atoms with Crippen LogP contribution in [0.15, 0.2) is 47.3 Å². The molecule has 13 heteroatoms. The lowest BCUT2D eigenvalue weighted by Gasteiger charge is -2.32. The average Bonchev–Trinajstić information content (AvgIpc) is 3.46. The second kappa shape index (κ2) is 11.4. The van der Waals surface area contributed by atoms with E-state index < -0.39 is 17.8 Å². The Morgan fingerprint density at radius 3 is 2.44 bits per heavy atom. The smallest absolute Gasteiger partial charge is 0.416 e. The van der Waals surface area contributed by atoms with Gasteiger partial charge < -0.3 is 14.9 Å². The lowest BCUT2D eigenvalue weighted by molar-refractivity contribution is -0.137. The first-order valence-corrected chi connectivity index (χ1v) is 14.7. The normalized spacial score (nSPS) is 16.6. The molecule has 43 heavy (non-hydrogen) atoms. The van der Waals surface area contributed by atoms with Gasteiger partial charge in [-0.2, -0.15) is 18.3 Å². The van der Waals surface area contributed by atoms with Gasteiger partial charge in [-0.3, -0.25) is 13.8 Å². The SMILES string of the molecule is Cn1c(=O)n(C2CCN(CCCn3nc(-c4ccc(C(F)(F)F)cc4)c4c3CCN(C(=O)O)C4)CC2)c2cc(Cl)ccc21. The first-order chi connectivity index (χ1) is 20.5. The molecule has 0 bridgehead atoms. The van der Waals surface area contributed by atoms with Crippen molar-refractivity contribution in [1.82, 2.24) is 28.7 Å². The highest BCUT2D eigenvalue weighted by molar-refractivity contribution is 6.31. The molecule has 0 radical (unpaired) electrons. The molecule has 0 spiro atoms. The predicted octanol–water partition coefficient (Wildman–Crippen LogP) is 5.64. The molecular weight excluding hydrogens is 585 g/mol. The average molecular weight is 617 g/mol. The van der Waals surface area contributed by atoms with Gasteiger partial charge >= 0.3 is 18.0 Å². The Hall–Kier alpha value is -3.77. The number of alkyl halides is 3. The van der Waals surface area contributed by atoms with Crippen molar-refractivity contribution in [3.05, 3.63) is 74.8 Å². The number of halogens is 4. The molecule has 9 nitrogen and oxygen atoms in total. The summed E-state index contributed by atoms with van der Waals surface area (Å²) < 4.78 is 44.8. The molecule has 0 saturated carbocycles. The van der Waals surface area contributed by atoms with Gasteiger partial charge in [0.05, 0.1) is 28.8 Å². The van der Waals surface area contributed by atoms with Crippen molar-refractivity contribution >= 4 is 28.7 Å². The highest BCUT2D eigenvalue weighted by atomic mass is 35.5. The first kappa shape index (κ1) is 29.3. The molecule has 1 saturated heterocycles. The Kier molecular flexibility index (Phi) is 7.76. The van der Waals surface area contributed by atoms with E-state index in [9.17, 15) is 27.9 Å². The van der Waals surface area contributed by atoms with Crippen molar-refractivity contribution in [2.45, 2.75) is 51.0 Å². The van der Waals surface area contributed by atoms with E-state index in [-0.39, 0.29) is 18.3 Å². The minimum absolute atomic E-state index is 0.0375. The number of fused-ring (bicyclic) bond motifs is 2. The summed E-state index contributed by atoms with van der Waals surface area (Å²) in [5.41, 5.74) is 3.67. The van der Waals surface area contributed by atoms with Crippen LogP contribution in [0.4, 0.5) is 18.0 Å². The van der Waals surface area contributed by atoms with E-state index >= 15 is 0 Å². The fourth-order valence-electron chi connectivity index (χ4n) is 6.43. The molecule has 4 aromatic rings.